The Morgan fingerprint density at radius 2 is 1.75 bits per heavy atom. The Kier molecular flexibility index (Phi) is 5.10. The molecule has 1 atom stereocenters. The second kappa shape index (κ2) is 6.82. The maximum Gasteiger partial charge on any atom is 0.263 e. The fourth-order valence-corrected chi connectivity index (χ4v) is 2.11. The van der Waals surface area contributed by atoms with Crippen LogP contribution in [0, 0.1) is 0 Å². The van der Waals surface area contributed by atoms with E-state index in [4.69, 9.17) is 11.6 Å². The third-order valence-corrected chi connectivity index (χ3v) is 3.44. The van der Waals surface area contributed by atoms with Crippen LogP contribution in [0.3, 0.4) is 0 Å². The van der Waals surface area contributed by atoms with Crippen molar-refractivity contribution < 1.29 is 8.78 Å². The summed E-state index contributed by atoms with van der Waals surface area (Å²) in [5, 5.41) is 4.01. The molecule has 2 aromatic rings. The van der Waals surface area contributed by atoms with Gasteiger partial charge in [0.2, 0.25) is 0 Å². The van der Waals surface area contributed by atoms with E-state index in [2.05, 4.69) is 5.32 Å². The minimum absolute atomic E-state index is 0.0587. The number of benzene rings is 2. The van der Waals surface area contributed by atoms with Crippen LogP contribution in [-0.2, 0) is 6.54 Å². The zero-order chi connectivity index (χ0) is 14.5. The van der Waals surface area contributed by atoms with Crippen molar-refractivity contribution in [3.05, 3.63) is 70.2 Å². The van der Waals surface area contributed by atoms with Crippen molar-refractivity contribution in [2.24, 2.45) is 0 Å². The van der Waals surface area contributed by atoms with Gasteiger partial charge in [-0.25, -0.2) is 8.78 Å². The number of alkyl halides is 2. The Labute approximate surface area is 122 Å². The molecule has 0 aliphatic heterocycles. The van der Waals surface area contributed by atoms with E-state index in [1.54, 1.807) is 6.07 Å². The van der Waals surface area contributed by atoms with Gasteiger partial charge in [0.1, 0.15) is 0 Å². The molecule has 0 bridgehead atoms. The van der Waals surface area contributed by atoms with Crippen LogP contribution in [-0.4, -0.2) is 0 Å². The maximum absolute atomic E-state index is 12.6. The monoisotopic (exact) mass is 295 g/mol. The first-order valence-electron chi connectivity index (χ1n) is 6.42. The lowest BCUT2D eigenvalue weighted by molar-refractivity contribution is 0.151. The molecule has 0 unspecified atom stereocenters. The molecule has 0 aliphatic rings. The lowest BCUT2D eigenvalue weighted by atomic mass is 10.1. The molecular weight excluding hydrogens is 280 g/mol. The largest absolute Gasteiger partial charge is 0.306 e. The van der Waals surface area contributed by atoms with Crippen LogP contribution in [0.25, 0.3) is 0 Å². The summed E-state index contributed by atoms with van der Waals surface area (Å²) in [4.78, 5) is 0. The summed E-state index contributed by atoms with van der Waals surface area (Å²) in [6, 6.07) is 14.2. The van der Waals surface area contributed by atoms with E-state index < -0.39 is 6.43 Å². The molecule has 0 heterocycles. The lowest BCUT2D eigenvalue weighted by Gasteiger charge is -2.15. The van der Waals surface area contributed by atoms with Crippen LogP contribution in [0.2, 0.25) is 5.02 Å². The molecule has 0 aliphatic carbocycles. The molecule has 106 valence electrons. The molecule has 0 saturated carbocycles. The molecule has 0 saturated heterocycles. The molecule has 0 fully saturated rings. The summed E-state index contributed by atoms with van der Waals surface area (Å²) in [5.74, 6) is 0. The van der Waals surface area contributed by atoms with Crippen molar-refractivity contribution in [3.8, 4) is 0 Å². The number of rotatable bonds is 5. The molecule has 0 radical (unpaired) electrons. The highest BCUT2D eigenvalue weighted by Crippen LogP contribution is 2.20. The summed E-state index contributed by atoms with van der Waals surface area (Å²) >= 11 is 5.84. The van der Waals surface area contributed by atoms with Crippen molar-refractivity contribution in [1.82, 2.24) is 5.32 Å². The molecule has 4 heteroatoms. The molecule has 20 heavy (non-hydrogen) atoms. The molecule has 0 aromatic heterocycles. The Morgan fingerprint density at radius 3 is 2.40 bits per heavy atom. The summed E-state index contributed by atoms with van der Waals surface area (Å²) in [6.07, 6.45) is -2.43. The fraction of sp³-hybridized carbons (Fsp3) is 0.250. The van der Waals surface area contributed by atoms with Gasteiger partial charge in [-0.05, 0) is 36.2 Å². The van der Waals surface area contributed by atoms with Crippen LogP contribution < -0.4 is 5.32 Å². The fourth-order valence-electron chi connectivity index (χ4n) is 1.98. The number of hydrogen-bond acceptors (Lipinski definition) is 1. The van der Waals surface area contributed by atoms with Gasteiger partial charge in [0, 0.05) is 23.2 Å². The summed E-state index contributed by atoms with van der Waals surface area (Å²) in [6.45, 7) is 2.57. The summed E-state index contributed by atoms with van der Waals surface area (Å²) in [7, 11) is 0. The van der Waals surface area contributed by atoms with Crippen LogP contribution in [0.1, 0.15) is 36.1 Å². The topological polar surface area (TPSA) is 12.0 Å². The van der Waals surface area contributed by atoms with Gasteiger partial charge < -0.3 is 5.32 Å². The van der Waals surface area contributed by atoms with Crippen LogP contribution in [0.15, 0.2) is 48.5 Å². The third kappa shape index (κ3) is 4.02. The number of halogens is 3. The van der Waals surface area contributed by atoms with E-state index in [-0.39, 0.29) is 11.6 Å². The van der Waals surface area contributed by atoms with E-state index in [9.17, 15) is 8.78 Å². The van der Waals surface area contributed by atoms with E-state index in [0.717, 1.165) is 11.1 Å². The van der Waals surface area contributed by atoms with Crippen molar-refractivity contribution in [1.29, 1.82) is 0 Å². The van der Waals surface area contributed by atoms with Gasteiger partial charge in [0.25, 0.3) is 6.43 Å². The molecular formula is C16H16ClF2N. The van der Waals surface area contributed by atoms with Crippen molar-refractivity contribution >= 4 is 11.6 Å². The average Bonchev–Trinajstić information content (AvgIpc) is 2.46. The maximum atomic E-state index is 12.6. The van der Waals surface area contributed by atoms with E-state index in [1.165, 1.54) is 12.1 Å². The van der Waals surface area contributed by atoms with Crippen molar-refractivity contribution in [2.75, 3.05) is 0 Å². The SMILES string of the molecule is C[C@H](NCc1cccc(C(F)F)c1)c1ccc(Cl)cc1. The summed E-state index contributed by atoms with van der Waals surface area (Å²) < 4.78 is 25.2. The molecule has 2 aromatic carbocycles. The minimum Gasteiger partial charge on any atom is -0.306 e. The first-order valence-corrected chi connectivity index (χ1v) is 6.80. The minimum atomic E-state index is -2.43. The highest BCUT2D eigenvalue weighted by Gasteiger charge is 2.08. The summed E-state index contributed by atoms with van der Waals surface area (Å²) in [5.41, 5.74) is 2.02. The van der Waals surface area contributed by atoms with Gasteiger partial charge in [-0.1, -0.05) is 41.9 Å². The van der Waals surface area contributed by atoms with Gasteiger partial charge in [0.05, 0.1) is 0 Å². The first kappa shape index (κ1) is 14.9. The smallest absolute Gasteiger partial charge is 0.263 e. The predicted molar refractivity (Wildman–Crippen MR) is 78.1 cm³/mol. The molecule has 0 amide bonds. The second-order valence-electron chi connectivity index (χ2n) is 4.70. The molecule has 2 rings (SSSR count). The third-order valence-electron chi connectivity index (χ3n) is 3.19. The second-order valence-corrected chi connectivity index (χ2v) is 5.14. The standard InChI is InChI=1S/C16H16ClF2N/c1-11(13-5-7-15(17)8-6-13)20-10-12-3-2-4-14(9-12)16(18)19/h2-9,11,16,20H,10H2,1H3/t11-/m0/s1. The Hall–Kier alpha value is -1.45. The van der Waals surface area contributed by atoms with Gasteiger partial charge in [-0.2, -0.15) is 0 Å². The normalized spacial score (nSPS) is 12.7. The van der Waals surface area contributed by atoms with E-state index in [0.29, 0.717) is 11.6 Å². The van der Waals surface area contributed by atoms with E-state index >= 15 is 0 Å². The zero-order valence-electron chi connectivity index (χ0n) is 11.1. The number of nitrogens with one attached hydrogen (secondary N) is 1. The van der Waals surface area contributed by atoms with Crippen LogP contribution in [0.5, 0.6) is 0 Å². The first-order chi connectivity index (χ1) is 9.56. The molecule has 1 nitrogen and oxygen atoms in total. The highest BCUT2D eigenvalue weighted by molar-refractivity contribution is 6.30. The molecule has 1 N–H and O–H groups in total. The van der Waals surface area contributed by atoms with E-state index in [1.807, 2.05) is 37.3 Å². The van der Waals surface area contributed by atoms with Crippen LogP contribution >= 0.6 is 11.6 Å². The van der Waals surface area contributed by atoms with Gasteiger partial charge >= 0.3 is 0 Å². The Bertz CT molecular complexity index is 555. The van der Waals surface area contributed by atoms with Gasteiger partial charge in [0.15, 0.2) is 0 Å². The molecule has 0 spiro atoms. The lowest BCUT2D eigenvalue weighted by Crippen LogP contribution is -2.18. The van der Waals surface area contributed by atoms with Gasteiger partial charge in [-0.3, -0.25) is 0 Å². The average molecular weight is 296 g/mol. The Balaban J connectivity index is 1.97. The Morgan fingerprint density at radius 1 is 1.05 bits per heavy atom. The van der Waals surface area contributed by atoms with Crippen molar-refractivity contribution in [3.63, 3.8) is 0 Å². The predicted octanol–water partition coefficient (Wildman–Crippen LogP) is 5.13. The van der Waals surface area contributed by atoms with Crippen LogP contribution in [0.4, 0.5) is 8.78 Å². The highest BCUT2D eigenvalue weighted by atomic mass is 35.5. The number of hydrogen-bond donors (Lipinski definition) is 1. The van der Waals surface area contributed by atoms with Gasteiger partial charge in [-0.15, -0.1) is 0 Å². The zero-order valence-corrected chi connectivity index (χ0v) is 11.9. The van der Waals surface area contributed by atoms with Crippen molar-refractivity contribution in [2.45, 2.75) is 25.9 Å². The quantitative estimate of drug-likeness (QED) is 0.806.